The number of hydrogen-bond donors (Lipinski definition) is 1. The molecule has 7 nitrogen and oxygen atoms in total. The molecule has 2 aromatic heterocycles. The highest BCUT2D eigenvalue weighted by atomic mass is 32.2. The van der Waals surface area contributed by atoms with E-state index in [1.54, 1.807) is 30.3 Å². The van der Waals surface area contributed by atoms with E-state index in [2.05, 4.69) is 20.6 Å². The van der Waals surface area contributed by atoms with Gasteiger partial charge in [0.1, 0.15) is 11.6 Å². The molecule has 0 saturated carbocycles. The Morgan fingerprint density at radius 3 is 2.39 bits per heavy atom. The molecule has 9 heteroatoms. The average molecular weight is 433 g/mol. The van der Waals surface area contributed by atoms with Crippen molar-refractivity contribution in [3.63, 3.8) is 0 Å². The first-order chi connectivity index (χ1) is 15.0. The van der Waals surface area contributed by atoms with Gasteiger partial charge in [-0.1, -0.05) is 47.7 Å². The molecule has 0 aliphatic carbocycles. The van der Waals surface area contributed by atoms with Crippen LogP contribution in [-0.2, 0) is 16.4 Å². The van der Waals surface area contributed by atoms with Gasteiger partial charge in [0.25, 0.3) is 0 Å². The van der Waals surface area contributed by atoms with Crippen molar-refractivity contribution in [3.05, 3.63) is 90.2 Å². The molecule has 0 radical (unpaired) electrons. The molecule has 154 valence electrons. The molecule has 0 amide bonds. The summed E-state index contributed by atoms with van der Waals surface area (Å²) in [4.78, 5) is 4.68. The van der Waals surface area contributed by atoms with Crippen molar-refractivity contribution in [2.24, 2.45) is 0 Å². The average Bonchev–Trinajstić information content (AvgIpc) is 3.24. The SMILES string of the molecule is O=S(=O)(c1ccccc1)c1nnn2c1nc(NCc1ccc(F)cc1)c1ccccc12. The Morgan fingerprint density at radius 2 is 1.61 bits per heavy atom. The molecule has 3 aromatic carbocycles. The van der Waals surface area contributed by atoms with Crippen LogP contribution in [0.1, 0.15) is 5.56 Å². The molecule has 31 heavy (non-hydrogen) atoms. The number of nitrogens with zero attached hydrogens (tertiary/aromatic N) is 4. The molecule has 5 rings (SSSR count). The van der Waals surface area contributed by atoms with Crippen molar-refractivity contribution < 1.29 is 12.8 Å². The van der Waals surface area contributed by atoms with Crippen LogP contribution in [0.25, 0.3) is 16.6 Å². The van der Waals surface area contributed by atoms with Crippen molar-refractivity contribution in [1.29, 1.82) is 0 Å². The van der Waals surface area contributed by atoms with Crippen LogP contribution in [0.3, 0.4) is 0 Å². The normalized spacial score (nSPS) is 11.8. The molecule has 2 heterocycles. The van der Waals surface area contributed by atoms with Crippen molar-refractivity contribution in [1.82, 2.24) is 19.8 Å². The molecule has 0 aliphatic heterocycles. The van der Waals surface area contributed by atoms with Gasteiger partial charge < -0.3 is 5.32 Å². The Labute approximate surface area is 177 Å². The highest BCUT2D eigenvalue weighted by molar-refractivity contribution is 7.91. The quantitative estimate of drug-likeness (QED) is 0.453. The van der Waals surface area contributed by atoms with Crippen LogP contribution in [0.5, 0.6) is 0 Å². The van der Waals surface area contributed by atoms with E-state index in [9.17, 15) is 12.8 Å². The number of halogens is 1. The minimum absolute atomic E-state index is 0.119. The summed E-state index contributed by atoms with van der Waals surface area (Å²) in [6.45, 7) is 0.385. The first-order valence-corrected chi connectivity index (χ1v) is 10.9. The zero-order valence-electron chi connectivity index (χ0n) is 16.1. The Hall–Kier alpha value is -3.85. The Morgan fingerprint density at radius 1 is 0.903 bits per heavy atom. The van der Waals surface area contributed by atoms with Gasteiger partial charge in [0, 0.05) is 11.9 Å². The third-order valence-electron chi connectivity index (χ3n) is 4.90. The van der Waals surface area contributed by atoms with E-state index < -0.39 is 9.84 Å². The number of fused-ring (bicyclic) bond motifs is 3. The minimum atomic E-state index is -3.91. The van der Waals surface area contributed by atoms with Crippen LogP contribution in [0.15, 0.2) is 88.8 Å². The van der Waals surface area contributed by atoms with Crippen molar-refractivity contribution in [2.45, 2.75) is 16.5 Å². The first-order valence-electron chi connectivity index (χ1n) is 9.47. The number of rotatable bonds is 5. The predicted octanol–water partition coefficient (Wildman–Crippen LogP) is 3.86. The van der Waals surface area contributed by atoms with Crippen LogP contribution in [0.2, 0.25) is 0 Å². The topological polar surface area (TPSA) is 89.2 Å². The highest BCUT2D eigenvalue weighted by Gasteiger charge is 2.26. The molecule has 0 saturated heterocycles. The Bertz CT molecular complexity index is 1500. The highest BCUT2D eigenvalue weighted by Crippen LogP contribution is 2.28. The summed E-state index contributed by atoms with van der Waals surface area (Å²) >= 11 is 0. The number of benzene rings is 3. The molecule has 1 N–H and O–H groups in total. The molecule has 0 aliphatic rings. The maximum atomic E-state index is 13.2. The molecule has 0 bridgehead atoms. The minimum Gasteiger partial charge on any atom is -0.365 e. The lowest BCUT2D eigenvalue weighted by Crippen LogP contribution is -2.07. The number of aromatic nitrogens is 4. The molecule has 0 atom stereocenters. The van der Waals surface area contributed by atoms with Gasteiger partial charge in [-0.05, 0) is 42.0 Å². The van der Waals surface area contributed by atoms with Crippen LogP contribution in [0, 0.1) is 5.82 Å². The molecule has 0 fully saturated rings. The van der Waals surface area contributed by atoms with Gasteiger partial charge in [-0.15, -0.1) is 5.10 Å². The molecular weight excluding hydrogens is 417 g/mol. The van der Waals surface area contributed by atoms with Crippen LogP contribution in [0.4, 0.5) is 10.2 Å². The van der Waals surface area contributed by atoms with E-state index in [1.165, 1.54) is 28.8 Å². The maximum absolute atomic E-state index is 13.2. The summed E-state index contributed by atoms with van der Waals surface area (Å²) in [6, 6.07) is 21.6. The number of nitrogens with one attached hydrogen (secondary N) is 1. The largest absolute Gasteiger partial charge is 0.365 e. The fourth-order valence-electron chi connectivity index (χ4n) is 3.35. The Kier molecular flexibility index (Phi) is 4.59. The monoisotopic (exact) mass is 433 g/mol. The third kappa shape index (κ3) is 3.38. The second-order valence-electron chi connectivity index (χ2n) is 6.90. The number of para-hydroxylation sites is 1. The molecule has 0 spiro atoms. The summed E-state index contributed by atoms with van der Waals surface area (Å²) in [5.74, 6) is 0.175. The van der Waals surface area contributed by atoms with E-state index in [1.807, 2.05) is 24.3 Å². The Balaban J connectivity index is 1.65. The van der Waals surface area contributed by atoms with E-state index >= 15 is 0 Å². The molecular formula is C22H16FN5O2S. The summed E-state index contributed by atoms with van der Waals surface area (Å²) in [5.41, 5.74) is 1.65. The van der Waals surface area contributed by atoms with Crippen molar-refractivity contribution in [3.8, 4) is 0 Å². The van der Waals surface area contributed by atoms with Gasteiger partial charge in [-0.2, -0.15) is 4.52 Å². The maximum Gasteiger partial charge on any atom is 0.229 e. The summed E-state index contributed by atoms with van der Waals surface area (Å²) in [5, 5.41) is 11.8. The molecule has 5 aromatic rings. The molecule has 0 unspecified atom stereocenters. The second kappa shape index (κ2) is 7.44. The second-order valence-corrected chi connectivity index (χ2v) is 8.77. The summed E-state index contributed by atoms with van der Waals surface area (Å²) in [6.07, 6.45) is 0. The van der Waals surface area contributed by atoms with Crippen molar-refractivity contribution >= 4 is 32.2 Å². The number of sulfone groups is 1. The lowest BCUT2D eigenvalue weighted by molar-refractivity contribution is 0.592. The standard InChI is InChI=1S/C22H16FN5O2S/c23-16-12-10-15(11-13-16)14-24-20-18-8-4-5-9-19(18)28-21(25-20)22(26-27-28)31(29,30)17-6-2-1-3-7-17/h1-13H,14H2,(H,24,25). The zero-order valence-corrected chi connectivity index (χ0v) is 16.9. The van der Waals surface area contributed by atoms with E-state index in [4.69, 9.17) is 0 Å². The lowest BCUT2D eigenvalue weighted by atomic mass is 10.2. The third-order valence-corrected chi connectivity index (χ3v) is 6.57. The number of anilines is 1. The lowest BCUT2D eigenvalue weighted by Gasteiger charge is -2.10. The van der Waals surface area contributed by atoms with Crippen LogP contribution in [-0.4, -0.2) is 28.2 Å². The van der Waals surface area contributed by atoms with Crippen LogP contribution >= 0.6 is 0 Å². The summed E-state index contributed by atoms with van der Waals surface area (Å²) < 4.78 is 40.9. The van der Waals surface area contributed by atoms with E-state index in [0.717, 1.165) is 10.9 Å². The summed E-state index contributed by atoms with van der Waals surface area (Å²) in [7, 11) is -3.91. The van der Waals surface area contributed by atoms with Crippen molar-refractivity contribution in [2.75, 3.05) is 5.32 Å². The van der Waals surface area contributed by atoms with Crippen LogP contribution < -0.4 is 5.32 Å². The smallest absolute Gasteiger partial charge is 0.229 e. The van der Waals surface area contributed by atoms with Gasteiger partial charge in [-0.3, -0.25) is 0 Å². The van der Waals surface area contributed by atoms with Gasteiger partial charge in [0.15, 0.2) is 5.65 Å². The zero-order chi connectivity index (χ0) is 21.4. The number of hydrogen-bond acceptors (Lipinski definition) is 6. The first kappa shape index (κ1) is 19.1. The van der Waals surface area contributed by atoms with E-state index in [0.29, 0.717) is 17.9 Å². The fourth-order valence-corrected chi connectivity index (χ4v) is 4.61. The van der Waals surface area contributed by atoms with Gasteiger partial charge in [0.05, 0.1) is 10.4 Å². The van der Waals surface area contributed by atoms with Gasteiger partial charge in [-0.25, -0.2) is 17.8 Å². The fraction of sp³-hybridized carbons (Fsp3) is 0.0455. The predicted molar refractivity (Wildman–Crippen MR) is 114 cm³/mol. The van der Waals surface area contributed by atoms with E-state index in [-0.39, 0.29) is 21.4 Å². The van der Waals surface area contributed by atoms with Gasteiger partial charge >= 0.3 is 0 Å². The van der Waals surface area contributed by atoms with Gasteiger partial charge in [0.2, 0.25) is 14.9 Å².